The van der Waals surface area contributed by atoms with Crippen LogP contribution in [0.15, 0.2) is 24.4 Å². The number of aromatic nitrogens is 5. The summed E-state index contributed by atoms with van der Waals surface area (Å²) in [5, 5.41) is 8.10. The molecule has 1 aliphatic heterocycles. The number of nitrogens with zero attached hydrogens (tertiary/aromatic N) is 6. The normalized spacial score (nSPS) is 21.2. The highest BCUT2D eigenvalue weighted by molar-refractivity contribution is 5.92. The first-order valence-electron chi connectivity index (χ1n) is 11.5. The zero-order valence-electron chi connectivity index (χ0n) is 19.0. The highest BCUT2D eigenvalue weighted by Gasteiger charge is 2.30. The van der Waals surface area contributed by atoms with Gasteiger partial charge in [-0.15, -0.1) is 0 Å². The molecule has 2 aliphatic rings. The van der Waals surface area contributed by atoms with Gasteiger partial charge in [0.05, 0.1) is 24.9 Å². The van der Waals surface area contributed by atoms with Gasteiger partial charge in [-0.25, -0.2) is 0 Å². The number of hydrogen-bond acceptors (Lipinski definition) is 8. The Morgan fingerprint density at radius 1 is 1.18 bits per heavy atom. The van der Waals surface area contributed by atoms with E-state index in [9.17, 15) is 4.79 Å². The van der Waals surface area contributed by atoms with Crippen LogP contribution in [0.3, 0.4) is 0 Å². The summed E-state index contributed by atoms with van der Waals surface area (Å²) < 4.78 is 11.8. The summed E-state index contributed by atoms with van der Waals surface area (Å²) in [4.78, 5) is 30.4. The van der Waals surface area contributed by atoms with Crippen molar-refractivity contribution in [1.29, 1.82) is 0 Å². The van der Waals surface area contributed by atoms with E-state index in [1.807, 2.05) is 18.2 Å². The predicted molar refractivity (Wildman–Crippen MR) is 123 cm³/mol. The Bertz CT molecular complexity index is 1130. The number of carbonyl (C=O) groups excluding carboxylic acids is 1. The molecule has 1 aromatic carbocycles. The first-order chi connectivity index (χ1) is 16.1. The predicted octanol–water partition coefficient (Wildman–Crippen LogP) is 2.28. The van der Waals surface area contributed by atoms with Crippen LogP contribution in [-0.2, 0) is 9.53 Å². The van der Waals surface area contributed by atoms with Gasteiger partial charge in [0.1, 0.15) is 6.10 Å². The molecule has 1 amide bonds. The number of nitrogens with one attached hydrogen (secondary N) is 1. The molecule has 5 rings (SSSR count). The zero-order valence-corrected chi connectivity index (χ0v) is 19.0. The Hall–Kier alpha value is -3.27. The van der Waals surface area contributed by atoms with Gasteiger partial charge < -0.3 is 19.3 Å². The summed E-state index contributed by atoms with van der Waals surface area (Å²) in [6.45, 7) is 2.68. The number of hydrogen-bond donors (Lipinski definition) is 1. The van der Waals surface area contributed by atoms with E-state index in [-0.39, 0.29) is 17.9 Å². The Balaban J connectivity index is 1.47. The molecule has 1 saturated heterocycles. The largest absolute Gasteiger partial charge is 0.460 e. The minimum Gasteiger partial charge on any atom is -0.460 e. The first kappa shape index (κ1) is 21.6. The van der Waals surface area contributed by atoms with Crippen LogP contribution in [0.4, 0.5) is 5.95 Å². The summed E-state index contributed by atoms with van der Waals surface area (Å²) in [5.74, 6) is 1.25. The van der Waals surface area contributed by atoms with Crippen molar-refractivity contribution >= 4 is 22.8 Å². The molecule has 0 spiro atoms. The van der Waals surface area contributed by atoms with Crippen LogP contribution in [0, 0.1) is 5.92 Å². The molecule has 2 atom stereocenters. The molecule has 2 fully saturated rings. The number of morpholine rings is 1. The van der Waals surface area contributed by atoms with Gasteiger partial charge in [-0.05, 0) is 31.7 Å². The van der Waals surface area contributed by atoms with Crippen LogP contribution in [0.5, 0.6) is 6.01 Å². The van der Waals surface area contributed by atoms with Gasteiger partial charge >= 0.3 is 6.01 Å². The van der Waals surface area contributed by atoms with Gasteiger partial charge in [-0.2, -0.15) is 20.1 Å². The number of fused-ring (bicyclic) bond motifs is 1. The molecule has 0 radical (unpaired) electrons. The lowest BCUT2D eigenvalue weighted by Crippen LogP contribution is -2.38. The van der Waals surface area contributed by atoms with E-state index >= 15 is 0 Å². The molecule has 33 heavy (non-hydrogen) atoms. The van der Waals surface area contributed by atoms with Crippen molar-refractivity contribution in [3.8, 4) is 17.4 Å². The van der Waals surface area contributed by atoms with Gasteiger partial charge in [-0.1, -0.05) is 12.1 Å². The lowest BCUT2D eigenvalue weighted by molar-refractivity contribution is -0.135. The van der Waals surface area contributed by atoms with Crippen molar-refractivity contribution in [3.63, 3.8) is 0 Å². The van der Waals surface area contributed by atoms with E-state index in [0.717, 1.165) is 35.7 Å². The number of ether oxygens (including phenoxy) is 2. The van der Waals surface area contributed by atoms with E-state index < -0.39 is 0 Å². The quantitative estimate of drug-likeness (QED) is 0.629. The highest BCUT2D eigenvalue weighted by atomic mass is 16.5. The van der Waals surface area contributed by atoms with Gasteiger partial charge in [0.2, 0.25) is 11.9 Å². The first-order valence-corrected chi connectivity index (χ1v) is 11.5. The van der Waals surface area contributed by atoms with Crippen LogP contribution in [0.2, 0.25) is 0 Å². The molecule has 174 valence electrons. The molecule has 0 bridgehead atoms. The Morgan fingerprint density at radius 3 is 2.85 bits per heavy atom. The maximum absolute atomic E-state index is 12.5. The van der Waals surface area contributed by atoms with E-state index in [1.165, 1.54) is 0 Å². The molecule has 10 nitrogen and oxygen atoms in total. The van der Waals surface area contributed by atoms with Crippen LogP contribution in [0.25, 0.3) is 22.3 Å². The maximum Gasteiger partial charge on any atom is 0.322 e. The van der Waals surface area contributed by atoms with Gasteiger partial charge in [0, 0.05) is 44.1 Å². The maximum atomic E-state index is 12.5. The standard InChI is InChI=1S/C23H29N7O3/c1-29(2)21(31)15-5-3-6-16(13-15)33-23-26-20(17-7-4-8-19-18(17)14-24-28-19)25-22(27-23)30-9-11-32-12-10-30/h4,7-8,14-16H,3,5-6,9-13H2,1-2H3,(H,24,28)/t15-,16-/m1/s1. The number of amides is 1. The second-order valence-corrected chi connectivity index (χ2v) is 8.81. The van der Waals surface area contributed by atoms with Crippen LogP contribution in [-0.4, -0.2) is 82.5 Å². The van der Waals surface area contributed by atoms with Crippen molar-refractivity contribution in [2.45, 2.75) is 31.8 Å². The van der Waals surface area contributed by atoms with Gasteiger partial charge in [0.15, 0.2) is 5.82 Å². The third-order valence-electron chi connectivity index (χ3n) is 6.31. The number of carbonyl (C=O) groups is 1. The van der Waals surface area contributed by atoms with Gasteiger partial charge in [-0.3, -0.25) is 9.89 Å². The van der Waals surface area contributed by atoms with E-state index in [0.29, 0.717) is 50.5 Å². The van der Waals surface area contributed by atoms with Crippen LogP contribution in [0.1, 0.15) is 25.7 Å². The molecular weight excluding hydrogens is 422 g/mol. The molecule has 1 saturated carbocycles. The third kappa shape index (κ3) is 4.61. The average Bonchev–Trinajstić information content (AvgIpc) is 3.33. The number of H-pyrrole nitrogens is 1. The second kappa shape index (κ2) is 9.30. The summed E-state index contributed by atoms with van der Waals surface area (Å²) in [6, 6.07) is 6.20. The fourth-order valence-corrected chi connectivity index (χ4v) is 4.58. The summed E-state index contributed by atoms with van der Waals surface area (Å²) >= 11 is 0. The van der Waals surface area contributed by atoms with Crippen molar-refractivity contribution in [2.24, 2.45) is 5.92 Å². The lowest BCUT2D eigenvalue weighted by atomic mass is 9.86. The number of aromatic amines is 1. The molecule has 3 aromatic rings. The number of benzene rings is 1. The van der Waals surface area contributed by atoms with Crippen molar-refractivity contribution in [2.75, 3.05) is 45.3 Å². The molecule has 2 aromatic heterocycles. The summed E-state index contributed by atoms with van der Waals surface area (Å²) in [5.41, 5.74) is 1.79. The zero-order chi connectivity index (χ0) is 22.8. The molecule has 0 unspecified atom stereocenters. The molecule has 10 heteroatoms. The van der Waals surface area contributed by atoms with Gasteiger partial charge in [0.25, 0.3) is 0 Å². The summed E-state index contributed by atoms with van der Waals surface area (Å²) in [7, 11) is 3.60. The van der Waals surface area contributed by atoms with Crippen molar-refractivity contribution in [1.82, 2.24) is 30.0 Å². The fourth-order valence-electron chi connectivity index (χ4n) is 4.58. The van der Waals surface area contributed by atoms with E-state index in [4.69, 9.17) is 14.5 Å². The van der Waals surface area contributed by atoms with Crippen LogP contribution < -0.4 is 9.64 Å². The number of anilines is 1. The monoisotopic (exact) mass is 451 g/mol. The average molecular weight is 452 g/mol. The van der Waals surface area contributed by atoms with E-state index in [1.54, 1.807) is 25.2 Å². The summed E-state index contributed by atoms with van der Waals surface area (Å²) in [6.07, 6.45) is 5.05. The van der Waals surface area contributed by atoms with E-state index in [2.05, 4.69) is 25.1 Å². The third-order valence-corrected chi connectivity index (χ3v) is 6.31. The minimum absolute atomic E-state index is 0.0292. The fraction of sp³-hybridized carbons (Fsp3) is 0.522. The smallest absolute Gasteiger partial charge is 0.322 e. The molecule has 1 N–H and O–H groups in total. The molecular formula is C23H29N7O3. The van der Waals surface area contributed by atoms with Crippen molar-refractivity contribution < 1.29 is 14.3 Å². The Morgan fingerprint density at radius 2 is 2.03 bits per heavy atom. The number of rotatable bonds is 5. The second-order valence-electron chi connectivity index (χ2n) is 8.81. The van der Waals surface area contributed by atoms with Crippen LogP contribution >= 0.6 is 0 Å². The van der Waals surface area contributed by atoms with Crippen molar-refractivity contribution in [3.05, 3.63) is 24.4 Å². The SMILES string of the molecule is CN(C)C(=O)[C@@H]1CCC[C@@H](Oc2nc(-c3cccc4[nH]ncc34)nc(N3CCOCC3)n2)C1. The molecule has 1 aliphatic carbocycles. The Kier molecular flexibility index (Phi) is 6.08. The lowest BCUT2D eigenvalue weighted by Gasteiger charge is -2.30. The highest BCUT2D eigenvalue weighted by Crippen LogP contribution is 2.31. The molecule has 3 heterocycles. The minimum atomic E-state index is -0.106. The topological polar surface area (TPSA) is 109 Å². The Labute approximate surface area is 192 Å².